The molecule has 0 aliphatic carbocycles. The van der Waals surface area contributed by atoms with Gasteiger partial charge in [0.05, 0.1) is 11.1 Å². The Kier molecular flexibility index (Phi) is 3.51. The highest BCUT2D eigenvalue weighted by Gasteiger charge is 2.31. The smallest absolute Gasteiger partial charge is 0.358 e. The summed E-state index contributed by atoms with van der Waals surface area (Å²) in [7, 11) is 0. The standard InChI is InChI=1S/C18H14F3NO/c1-10-6-7-15-14(8-10)16(11(2)22-15)17(23)12-4-3-5-13(9-12)18(19,20)21/h3-9,22H,1-2H3. The molecule has 0 atom stereocenters. The Balaban J connectivity index is 2.15. The van der Waals surface area contributed by atoms with E-state index in [1.54, 1.807) is 6.92 Å². The molecule has 3 aromatic rings. The molecule has 0 aliphatic heterocycles. The molecule has 0 spiro atoms. The summed E-state index contributed by atoms with van der Waals surface area (Å²) < 4.78 is 38.5. The number of fused-ring (bicyclic) bond motifs is 1. The lowest BCUT2D eigenvalue weighted by Crippen LogP contribution is -2.08. The van der Waals surface area contributed by atoms with Crippen molar-refractivity contribution in [3.63, 3.8) is 0 Å². The summed E-state index contributed by atoms with van der Waals surface area (Å²) in [6.45, 7) is 3.65. The summed E-state index contributed by atoms with van der Waals surface area (Å²) in [4.78, 5) is 15.9. The first-order chi connectivity index (χ1) is 10.8. The largest absolute Gasteiger partial charge is 0.416 e. The predicted molar refractivity (Wildman–Crippen MR) is 82.6 cm³/mol. The van der Waals surface area contributed by atoms with Crippen molar-refractivity contribution in [2.24, 2.45) is 0 Å². The molecule has 0 aliphatic rings. The normalized spacial score (nSPS) is 11.9. The zero-order valence-electron chi connectivity index (χ0n) is 12.6. The molecule has 0 radical (unpaired) electrons. The number of ketones is 1. The zero-order chi connectivity index (χ0) is 16.8. The third-order valence-corrected chi connectivity index (χ3v) is 3.82. The van der Waals surface area contributed by atoms with Crippen LogP contribution < -0.4 is 0 Å². The minimum absolute atomic E-state index is 0.0327. The first-order valence-corrected chi connectivity index (χ1v) is 7.08. The number of carbonyl (C=O) groups is 1. The Morgan fingerprint density at radius 1 is 1.04 bits per heavy atom. The average Bonchev–Trinajstić information content (AvgIpc) is 2.81. The SMILES string of the molecule is Cc1ccc2[nH]c(C)c(C(=O)c3cccc(C(F)(F)F)c3)c2c1. The molecule has 118 valence electrons. The number of halogens is 3. The monoisotopic (exact) mass is 317 g/mol. The fourth-order valence-corrected chi connectivity index (χ4v) is 2.71. The van der Waals surface area contributed by atoms with Crippen molar-refractivity contribution in [2.75, 3.05) is 0 Å². The van der Waals surface area contributed by atoms with Crippen LogP contribution in [-0.4, -0.2) is 10.8 Å². The van der Waals surface area contributed by atoms with Crippen LogP contribution in [0.1, 0.15) is 32.7 Å². The van der Waals surface area contributed by atoms with E-state index in [0.717, 1.165) is 28.6 Å². The van der Waals surface area contributed by atoms with Crippen molar-refractivity contribution < 1.29 is 18.0 Å². The number of carbonyl (C=O) groups excluding carboxylic acids is 1. The second-order valence-corrected chi connectivity index (χ2v) is 5.58. The minimum Gasteiger partial charge on any atom is -0.358 e. The van der Waals surface area contributed by atoms with E-state index < -0.39 is 17.5 Å². The van der Waals surface area contributed by atoms with Gasteiger partial charge in [0.15, 0.2) is 5.78 Å². The third-order valence-electron chi connectivity index (χ3n) is 3.82. The highest BCUT2D eigenvalue weighted by Crippen LogP contribution is 2.31. The first kappa shape index (κ1) is 15.3. The number of aromatic amines is 1. The van der Waals surface area contributed by atoms with Crippen molar-refractivity contribution in [3.8, 4) is 0 Å². The molecule has 2 nitrogen and oxygen atoms in total. The van der Waals surface area contributed by atoms with E-state index >= 15 is 0 Å². The van der Waals surface area contributed by atoms with Gasteiger partial charge in [0.1, 0.15) is 0 Å². The number of hydrogen-bond donors (Lipinski definition) is 1. The van der Waals surface area contributed by atoms with Crippen LogP contribution in [0.25, 0.3) is 10.9 Å². The van der Waals surface area contributed by atoms with Gasteiger partial charge in [-0.3, -0.25) is 4.79 Å². The Morgan fingerprint density at radius 2 is 1.78 bits per heavy atom. The highest BCUT2D eigenvalue weighted by molar-refractivity contribution is 6.17. The molecule has 1 aromatic heterocycles. The van der Waals surface area contributed by atoms with Crippen LogP contribution in [0, 0.1) is 13.8 Å². The second-order valence-electron chi connectivity index (χ2n) is 5.58. The maximum absolute atomic E-state index is 12.8. The van der Waals surface area contributed by atoms with Crippen LogP contribution in [-0.2, 0) is 6.18 Å². The molecule has 1 heterocycles. The van der Waals surface area contributed by atoms with Crippen LogP contribution >= 0.6 is 0 Å². The van der Waals surface area contributed by atoms with Crippen LogP contribution in [0.5, 0.6) is 0 Å². The van der Waals surface area contributed by atoms with Gasteiger partial charge in [-0.05, 0) is 38.1 Å². The number of hydrogen-bond acceptors (Lipinski definition) is 1. The molecule has 0 fully saturated rings. The average molecular weight is 317 g/mol. The lowest BCUT2D eigenvalue weighted by atomic mass is 9.98. The van der Waals surface area contributed by atoms with E-state index in [2.05, 4.69) is 4.98 Å². The molecule has 5 heteroatoms. The fraction of sp³-hybridized carbons (Fsp3) is 0.167. The van der Waals surface area contributed by atoms with Crippen LogP contribution in [0.4, 0.5) is 13.2 Å². The summed E-state index contributed by atoms with van der Waals surface area (Å²) in [5, 5.41) is 0.727. The summed E-state index contributed by atoms with van der Waals surface area (Å²) >= 11 is 0. The lowest BCUT2D eigenvalue weighted by molar-refractivity contribution is -0.137. The Hall–Kier alpha value is -2.56. The number of nitrogens with one attached hydrogen (secondary N) is 1. The maximum atomic E-state index is 12.8. The summed E-state index contributed by atoms with van der Waals surface area (Å²) in [6, 6.07) is 10.2. The number of alkyl halides is 3. The summed E-state index contributed by atoms with van der Waals surface area (Å²) in [6.07, 6.45) is -4.47. The number of H-pyrrole nitrogens is 1. The molecule has 0 unspecified atom stereocenters. The number of rotatable bonds is 2. The predicted octanol–water partition coefficient (Wildman–Crippen LogP) is 5.03. The highest BCUT2D eigenvalue weighted by atomic mass is 19.4. The third kappa shape index (κ3) is 2.74. The molecular weight excluding hydrogens is 303 g/mol. The molecule has 23 heavy (non-hydrogen) atoms. The second kappa shape index (κ2) is 5.26. The quantitative estimate of drug-likeness (QED) is 0.660. The zero-order valence-corrected chi connectivity index (χ0v) is 12.6. The van der Waals surface area contributed by atoms with E-state index in [0.29, 0.717) is 11.3 Å². The van der Waals surface area contributed by atoms with Gasteiger partial charge in [0, 0.05) is 22.2 Å². The van der Waals surface area contributed by atoms with Crippen LogP contribution in [0.3, 0.4) is 0 Å². The Labute approximate surface area is 130 Å². The van der Waals surface area contributed by atoms with Crippen molar-refractivity contribution in [2.45, 2.75) is 20.0 Å². The molecule has 2 aromatic carbocycles. The lowest BCUT2D eigenvalue weighted by Gasteiger charge is -2.08. The first-order valence-electron chi connectivity index (χ1n) is 7.08. The molecule has 1 N–H and O–H groups in total. The van der Waals surface area contributed by atoms with Gasteiger partial charge in [0.2, 0.25) is 0 Å². The van der Waals surface area contributed by atoms with Gasteiger partial charge in [-0.25, -0.2) is 0 Å². The van der Waals surface area contributed by atoms with E-state index in [1.165, 1.54) is 12.1 Å². The van der Waals surface area contributed by atoms with Gasteiger partial charge in [-0.15, -0.1) is 0 Å². The van der Waals surface area contributed by atoms with E-state index in [1.807, 2.05) is 25.1 Å². The summed E-state index contributed by atoms with van der Waals surface area (Å²) in [5.41, 5.74) is 2.05. The van der Waals surface area contributed by atoms with Crippen molar-refractivity contribution in [1.29, 1.82) is 0 Å². The number of aromatic nitrogens is 1. The van der Waals surface area contributed by atoms with Gasteiger partial charge >= 0.3 is 6.18 Å². The van der Waals surface area contributed by atoms with Crippen LogP contribution in [0.2, 0.25) is 0 Å². The Morgan fingerprint density at radius 3 is 2.48 bits per heavy atom. The van der Waals surface area contributed by atoms with Crippen molar-refractivity contribution in [3.05, 3.63) is 70.4 Å². The van der Waals surface area contributed by atoms with Gasteiger partial charge < -0.3 is 4.98 Å². The van der Waals surface area contributed by atoms with Gasteiger partial charge in [-0.1, -0.05) is 23.8 Å². The molecule has 0 bridgehead atoms. The van der Waals surface area contributed by atoms with Gasteiger partial charge in [-0.2, -0.15) is 13.2 Å². The molecular formula is C18H14F3NO. The van der Waals surface area contributed by atoms with E-state index in [9.17, 15) is 18.0 Å². The van der Waals surface area contributed by atoms with Crippen molar-refractivity contribution in [1.82, 2.24) is 4.98 Å². The van der Waals surface area contributed by atoms with Crippen LogP contribution in [0.15, 0.2) is 42.5 Å². The minimum atomic E-state index is -4.47. The number of benzene rings is 2. The van der Waals surface area contributed by atoms with E-state index in [-0.39, 0.29) is 5.56 Å². The van der Waals surface area contributed by atoms with Crippen molar-refractivity contribution >= 4 is 16.7 Å². The van der Waals surface area contributed by atoms with Gasteiger partial charge in [0.25, 0.3) is 0 Å². The molecule has 0 saturated carbocycles. The molecule has 0 saturated heterocycles. The Bertz CT molecular complexity index is 906. The van der Waals surface area contributed by atoms with E-state index in [4.69, 9.17) is 0 Å². The fourth-order valence-electron chi connectivity index (χ4n) is 2.71. The summed E-state index contributed by atoms with van der Waals surface area (Å²) in [5.74, 6) is -0.412. The topological polar surface area (TPSA) is 32.9 Å². The molecule has 3 rings (SSSR count). The molecule has 0 amide bonds. The maximum Gasteiger partial charge on any atom is 0.416 e. The number of aryl methyl sites for hydroxylation is 2.